The average molecular weight is 464 g/mol. The highest BCUT2D eigenvalue weighted by molar-refractivity contribution is 6.04. The average Bonchev–Trinajstić information content (AvgIpc) is 3.25. The monoisotopic (exact) mass is 463 g/mol. The topological polar surface area (TPSA) is 90.5 Å². The summed E-state index contributed by atoms with van der Waals surface area (Å²) in [6.07, 6.45) is 8.26. The van der Waals surface area contributed by atoms with Crippen LogP contribution in [0, 0.1) is 11.3 Å². The number of likely N-dealkylation sites (tertiary alicyclic amines) is 1. The van der Waals surface area contributed by atoms with Crippen molar-refractivity contribution in [2.24, 2.45) is 0 Å². The van der Waals surface area contributed by atoms with Gasteiger partial charge in [0.05, 0.1) is 42.2 Å². The molecule has 0 aliphatic carbocycles. The smallest absolute Gasteiger partial charge is 0.266 e. The lowest BCUT2D eigenvalue weighted by Crippen LogP contribution is -2.60. The van der Waals surface area contributed by atoms with Crippen molar-refractivity contribution in [2.75, 3.05) is 52.5 Å². The van der Waals surface area contributed by atoms with E-state index in [1.807, 2.05) is 15.5 Å². The van der Waals surface area contributed by atoms with Gasteiger partial charge in [-0.3, -0.25) is 24.1 Å². The van der Waals surface area contributed by atoms with Gasteiger partial charge in [-0.1, -0.05) is 0 Å². The third-order valence-electron chi connectivity index (χ3n) is 7.62. The molecule has 2 aromatic rings. The third kappa shape index (κ3) is 4.11. The summed E-state index contributed by atoms with van der Waals surface area (Å²) in [4.78, 5) is 29.1. The molecule has 5 rings (SSSR count). The van der Waals surface area contributed by atoms with Gasteiger partial charge in [-0.2, -0.15) is 5.26 Å². The molecule has 0 unspecified atom stereocenters. The number of piperidine rings is 1. The number of imidazole rings is 1. The van der Waals surface area contributed by atoms with E-state index in [9.17, 15) is 10.1 Å². The van der Waals surface area contributed by atoms with E-state index in [2.05, 4.69) is 39.7 Å². The second-order valence-corrected chi connectivity index (χ2v) is 9.94. The Morgan fingerprint density at radius 2 is 1.85 bits per heavy atom. The Hall–Kier alpha value is -2.80. The lowest BCUT2D eigenvalue weighted by Gasteiger charge is -2.48. The van der Waals surface area contributed by atoms with Crippen LogP contribution in [0.1, 0.15) is 33.1 Å². The van der Waals surface area contributed by atoms with E-state index >= 15 is 0 Å². The zero-order valence-corrected chi connectivity index (χ0v) is 20.1. The molecule has 3 fully saturated rings. The molecule has 2 aromatic heterocycles. The molecule has 0 radical (unpaired) electrons. The van der Waals surface area contributed by atoms with Gasteiger partial charge in [0.15, 0.2) is 0 Å². The molecule has 3 aliphatic rings. The molecule has 180 valence electrons. The Balaban J connectivity index is 1.55. The predicted octanol–water partition coefficient (Wildman–Crippen LogP) is 1.97. The van der Waals surface area contributed by atoms with Crippen LogP contribution >= 0.6 is 0 Å². The van der Waals surface area contributed by atoms with Gasteiger partial charge in [0.1, 0.15) is 23.5 Å². The minimum atomic E-state index is -0.560. The van der Waals surface area contributed by atoms with Crippen LogP contribution < -0.4 is 0 Å². The molecule has 0 N–H and O–H groups in total. The van der Waals surface area contributed by atoms with Crippen LogP contribution in [0.4, 0.5) is 0 Å². The highest BCUT2D eigenvalue weighted by atomic mass is 16.5. The molecule has 9 heteroatoms. The fourth-order valence-corrected chi connectivity index (χ4v) is 5.45. The Morgan fingerprint density at radius 1 is 1.12 bits per heavy atom. The van der Waals surface area contributed by atoms with Crippen molar-refractivity contribution in [3.63, 3.8) is 0 Å². The second kappa shape index (κ2) is 9.45. The van der Waals surface area contributed by atoms with Gasteiger partial charge in [0, 0.05) is 45.5 Å². The Bertz CT molecular complexity index is 1110. The summed E-state index contributed by atoms with van der Waals surface area (Å²) in [5.41, 5.74) is 1.93. The Kier molecular flexibility index (Phi) is 6.38. The quantitative estimate of drug-likeness (QED) is 0.495. The number of rotatable bonds is 5. The van der Waals surface area contributed by atoms with Crippen LogP contribution in [0.5, 0.6) is 0 Å². The van der Waals surface area contributed by atoms with Crippen molar-refractivity contribution in [1.82, 2.24) is 29.2 Å². The van der Waals surface area contributed by atoms with Crippen molar-refractivity contribution in [3.8, 4) is 6.07 Å². The molecular formula is C25H33N7O2. The van der Waals surface area contributed by atoms with Crippen LogP contribution in [-0.4, -0.2) is 99.2 Å². The normalized spacial score (nSPS) is 21.7. The Labute approximate surface area is 200 Å². The van der Waals surface area contributed by atoms with Crippen molar-refractivity contribution in [2.45, 2.75) is 44.7 Å². The summed E-state index contributed by atoms with van der Waals surface area (Å²) in [6.45, 7) is 10.9. The number of carbonyl (C=O) groups excluding carboxylic acids is 1. The molecule has 0 aromatic carbocycles. The number of amides is 1. The van der Waals surface area contributed by atoms with Gasteiger partial charge in [0.25, 0.3) is 5.91 Å². The van der Waals surface area contributed by atoms with Gasteiger partial charge in [-0.25, -0.2) is 4.98 Å². The van der Waals surface area contributed by atoms with E-state index in [0.717, 1.165) is 69.7 Å². The maximum absolute atomic E-state index is 13.7. The number of hydrogen-bond donors (Lipinski definition) is 0. The van der Waals surface area contributed by atoms with Crippen molar-refractivity contribution >= 4 is 22.6 Å². The maximum Gasteiger partial charge on any atom is 0.266 e. The van der Waals surface area contributed by atoms with Crippen LogP contribution in [-0.2, 0) is 9.53 Å². The molecule has 1 amide bonds. The zero-order valence-electron chi connectivity index (χ0n) is 20.1. The van der Waals surface area contributed by atoms with Crippen LogP contribution in [0.15, 0.2) is 30.4 Å². The fourth-order valence-electron chi connectivity index (χ4n) is 5.45. The Morgan fingerprint density at radius 3 is 2.50 bits per heavy atom. The highest BCUT2D eigenvalue weighted by Gasteiger charge is 2.40. The fraction of sp³-hybridized carbons (Fsp3) is 0.600. The summed E-state index contributed by atoms with van der Waals surface area (Å²) in [7, 11) is 0. The van der Waals surface area contributed by atoms with Crippen molar-refractivity contribution in [1.29, 1.82) is 5.26 Å². The van der Waals surface area contributed by atoms with Crippen LogP contribution in [0.25, 0.3) is 16.7 Å². The minimum Gasteiger partial charge on any atom is -0.378 e. The second-order valence-electron chi connectivity index (χ2n) is 9.94. The van der Waals surface area contributed by atoms with Gasteiger partial charge < -0.3 is 9.64 Å². The number of carbonyl (C=O) groups is 1. The molecule has 5 heterocycles. The molecule has 0 saturated carbocycles. The number of piperazine rings is 1. The van der Waals surface area contributed by atoms with E-state index in [0.29, 0.717) is 24.8 Å². The zero-order chi connectivity index (χ0) is 23.7. The highest BCUT2D eigenvalue weighted by Crippen LogP contribution is 2.35. The number of nitriles is 1. The van der Waals surface area contributed by atoms with Crippen LogP contribution in [0.2, 0.25) is 0 Å². The third-order valence-corrected chi connectivity index (χ3v) is 7.62. The van der Waals surface area contributed by atoms with E-state index in [-0.39, 0.29) is 11.5 Å². The molecule has 3 aliphatic heterocycles. The lowest BCUT2D eigenvalue weighted by atomic mass is 9.91. The molecule has 34 heavy (non-hydrogen) atoms. The largest absolute Gasteiger partial charge is 0.378 e. The summed E-state index contributed by atoms with van der Waals surface area (Å²) >= 11 is 0. The predicted molar refractivity (Wildman–Crippen MR) is 129 cm³/mol. The van der Waals surface area contributed by atoms with Crippen molar-refractivity contribution in [3.05, 3.63) is 30.4 Å². The van der Waals surface area contributed by atoms with Gasteiger partial charge in [-0.15, -0.1) is 0 Å². The lowest BCUT2D eigenvalue weighted by molar-refractivity contribution is -0.127. The van der Waals surface area contributed by atoms with Crippen molar-refractivity contribution < 1.29 is 9.53 Å². The van der Waals surface area contributed by atoms with Gasteiger partial charge in [-0.05, 0) is 39.2 Å². The van der Waals surface area contributed by atoms with E-state index in [1.165, 1.54) is 0 Å². The first kappa shape index (κ1) is 23.0. The molecule has 0 spiro atoms. The standard InChI is InChI=1S/C25H33N7O2/c1-25(2,31-12-10-29(11-13-31)19-16-34-17-19)23(32-18-28-21-15-27-7-6-22(21)32)20(14-26)24(33)30-8-4-3-5-9-30/h6-7,15,18-19H,3-5,8-13,16-17H2,1-2H3. The van der Waals surface area contributed by atoms with Gasteiger partial charge >= 0.3 is 0 Å². The summed E-state index contributed by atoms with van der Waals surface area (Å²) in [5.74, 6) is -0.175. The summed E-state index contributed by atoms with van der Waals surface area (Å²) < 4.78 is 7.32. The van der Waals surface area contributed by atoms with Crippen LogP contribution in [0.3, 0.4) is 0 Å². The summed E-state index contributed by atoms with van der Waals surface area (Å²) in [5, 5.41) is 10.3. The molecule has 0 bridgehead atoms. The SMILES string of the molecule is CC(C)(C(=C(C#N)C(=O)N1CCCCC1)n1cnc2cnccc21)N1CCN(C2COC2)CC1. The number of aromatic nitrogens is 3. The molecular weight excluding hydrogens is 430 g/mol. The molecule has 0 atom stereocenters. The van der Waals surface area contributed by atoms with E-state index < -0.39 is 5.54 Å². The van der Waals surface area contributed by atoms with Gasteiger partial charge in [0.2, 0.25) is 0 Å². The summed E-state index contributed by atoms with van der Waals surface area (Å²) in [6, 6.07) is 4.72. The first-order valence-corrected chi connectivity index (χ1v) is 12.3. The number of pyridine rings is 1. The van der Waals surface area contributed by atoms with E-state index in [4.69, 9.17) is 4.74 Å². The minimum absolute atomic E-state index is 0.175. The molecule has 3 saturated heterocycles. The number of fused-ring (bicyclic) bond motifs is 1. The molecule has 9 nitrogen and oxygen atoms in total. The number of hydrogen-bond acceptors (Lipinski definition) is 7. The maximum atomic E-state index is 13.7. The number of nitrogens with zero attached hydrogens (tertiary/aromatic N) is 7. The number of ether oxygens (including phenoxy) is 1. The van der Waals surface area contributed by atoms with E-state index in [1.54, 1.807) is 18.7 Å². The first-order chi connectivity index (χ1) is 16.5. The first-order valence-electron chi connectivity index (χ1n) is 12.3.